The van der Waals surface area contributed by atoms with Crippen molar-refractivity contribution in [1.82, 2.24) is 9.97 Å². The largest absolute Gasteiger partial charge is 0.339 e. The number of anilines is 3. The molecule has 122 valence electrons. The molecule has 0 unspecified atom stereocenters. The number of aryl methyl sites for hydroxylation is 1. The summed E-state index contributed by atoms with van der Waals surface area (Å²) < 4.78 is 0. The number of carbonyl (C=O) groups excluding carboxylic acids is 1. The van der Waals surface area contributed by atoms with E-state index < -0.39 is 0 Å². The van der Waals surface area contributed by atoms with Crippen LogP contribution in [0, 0.1) is 18.3 Å². The molecule has 2 aromatic carbocycles. The van der Waals surface area contributed by atoms with E-state index in [1.807, 2.05) is 37.3 Å². The molecule has 3 rings (SSSR count). The Labute approximate surface area is 145 Å². The average molecular weight is 329 g/mol. The summed E-state index contributed by atoms with van der Waals surface area (Å²) in [6.07, 6.45) is 2.88. The van der Waals surface area contributed by atoms with Gasteiger partial charge in [-0.05, 0) is 42.8 Å². The van der Waals surface area contributed by atoms with E-state index in [1.165, 1.54) is 12.4 Å². The first-order chi connectivity index (χ1) is 12.1. The maximum absolute atomic E-state index is 12.2. The zero-order valence-electron chi connectivity index (χ0n) is 13.5. The molecule has 1 aromatic heterocycles. The number of nitrogens with one attached hydrogen (secondary N) is 2. The molecule has 0 aliphatic heterocycles. The van der Waals surface area contributed by atoms with Gasteiger partial charge in [0.1, 0.15) is 11.5 Å². The second kappa shape index (κ2) is 7.23. The van der Waals surface area contributed by atoms with E-state index in [9.17, 15) is 4.79 Å². The van der Waals surface area contributed by atoms with Gasteiger partial charge in [0.15, 0.2) is 0 Å². The molecule has 0 spiro atoms. The first-order valence-corrected chi connectivity index (χ1v) is 7.61. The standard InChI is InChI=1S/C19H15N5O/c1-13-4-2-6-15(8-13)24-19(25)17-11-22-18(12-21-17)23-16-7-3-5-14(9-16)10-20/h2-9,11-12H,1H3,(H,22,23)(H,24,25). The smallest absolute Gasteiger partial charge is 0.275 e. The lowest BCUT2D eigenvalue weighted by atomic mass is 10.2. The van der Waals surface area contributed by atoms with Gasteiger partial charge in [-0.25, -0.2) is 9.97 Å². The van der Waals surface area contributed by atoms with Crippen molar-refractivity contribution in [2.24, 2.45) is 0 Å². The Balaban J connectivity index is 1.69. The third kappa shape index (κ3) is 4.18. The number of rotatable bonds is 4. The maximum Gasteiger partial charge on any atom is 0.275 e. The molecule has 3 aromatic rings. The highest BCUT2D eigenvalue weighted by Crippen LogP contribution is 2.15. The lowest BCUT2D eigenvalue weighted by molar-refractivity contribution is 0.102. The Morgan fingerprint density at radius 2 is 1.84 bits per heavy atom. The van der Waals surface area contributed by atoms with Gasteiger partial charge in [0.2, 0.25) is 0 Å². The van der Waals surface area contributed by atoms with Gasteiger partial charge >= 0.3 is 0 Å². The monoisotopic (exact) mass is 329 g/mol. The zero-order valence-corrected chi connectivity index (χ0v) is 13.5. The van der Waals surface area contributed by atoms with Gasteiger partial charge in [0.25, 0.3) is 5.91 Å². The predicted octanol–water partition coefficient (Wildman–Crippen LogP) is 3.65. The highest BCUT2D eigenvalue weighted by molar-refractivity contribution is 6.02. The Morgan fingerprint density at radius 1 is 1.04 bits per heavy atom. The van der Waals surface area contributed by atoms with Crippen molar-refractivity contribution in [2.45, 2.75) is 6.92 Å². The number of nitrogens with zero attached hydrogens (tertiary/aromatic N) is 3. The molecule has 1 heterocycles. The fourth-order valence-corrected chi connectivity index (χ4v) is 2.24. The first kappa shape index (κ1) is 16.1. The summed E-state index contributed by atoms with van der Waals surface area (Å²) in [5.41, 5.74) is 3.26. The lowest BCUT2D eigenvalue weighted by Gasteiger charge is -2.07. The summed E-state index contributed by atoms with van der Waals surface area (Å²) in [5, 5.41) is 14.7. The van der Waals surface area contributed by atoms with Crippen LogP contribution < -0.4 is 10.6 Å². The van der Waals surface area contributed by atoms with E-state index in [-0.39, 0.29) is 11.6 Å². The third-order valence-corrected chi connectivity index (χ3v) is 3.42. The molecule has 0 fully saturated rings. The van der Waals surface area contributed by atoms with Crippen LogP contribution >= 0.6 is 0 Å². The molecular formula is C19H15N5O. The Kier molecular flexibility index (Phi) is 4.67. The summed E-state index contributed by atoms with van der Waals surface area (Å²) >= 11 is 0. The van der Waals surface area contributed by atoms with E-state index in [1.54, 1.807) is 18.2 Å². The van der Waals surface area contributed by atoms with E-state index in [0.29, 0.717) is 17.1 Å². The number of carbonyl (C=O) groups is 1. The minimum atomic E-state index is -0.323. The fraction of sp³-hybridized carbons (Fsp3) is 0.0526. The van der Waals surface area contributed by atoms with Crippen molar-refractivity contribution in [3.8, 4) is 6.07 Å². The van der Waals surface area contributed by atoms with Crippen LogP contribution in [0.25, 0.3) is 0 Å². The third-order valence-electron chi connectivity index (χ3n) is 3.42. The highest BCUT2D eigenvalue weighted by Gasteiger charge is 2.09. The Morgan fingerprint density at radius 3 is 2.56 bits per heavy atom. The quantitative estimate of drug-likeness (QED) is 0.762. The molecule has 0 saturated heterocycles. The van der Waals surface area contributed by atoms with Crippen molar-refractivity contribution in [3.63, 3.8) is 0 Å². The van der Waals surface area contributed by atoms with Gasteiger partial charge in [-0.15, -0.1) is 0 Å². The number of aromatic nitrogens is 2. The molecule has 1 amide bonds. The highest BCUT2D eigenvalue weighted by atomic mass is 16.1. The summed E-state index contributed by atoms with van der Waals surface area (Å²) in [4.78, 5) is 20.5. The Hall–Kier alpha value is -3.72. The number of benzene rings is 2. The minimum absolute atomic E-state index is 0.220. The SMILES string of the molecule is Cc1cccc(NC(=O)c2cnc(Nc3cccc(C#N)c3)cn2)c1. The summed E-state index contributed by atoms with van der Waals surface area (Å²) in [5.74, 6) is 0.165. The maximum atomic E-state index is 12.2. The average Bonchev–Trinajstić information content (AvgIpc) is 2.62. The minimum Gasteiger partial charge on any atom is -0.339 e. The molecule has 0 atom stereocenters. The van der Waals surface area contributed by atoms with E-state index >= 15 is 0 Å². The van der Waals surface area contributed by atoms with Gasteiger partial charge in [-0.3, -0.25) is 4.79 Å². The molecule has 6 heteroatoms. The normalized spacial score (nSPS) is 9.92. The summed E-state index contributed by atoms with van der Waals surface area (Å²) in [6.45, 7) is 1.96. The van der Waals surface area contributed by atoms with Gasteiger partial charge in [0, 0.05) is 11.4 Å². The molecule has 2 N–H and O–H groups in total. The number of hydrogen-bond acceptors (Lipinski definition) is 5. The molecule has 0 bridgehead atoms. The number of amides is 1. The summed E-state index contributed by atoms with van der Waals surface area (Å²) in [7, 11) is 0. The molecule has 0 radical (unpaired) electrons. The summed E-state index contributed by atoms with van der Waals surface area (Å²) in [6, 6.07) is 16.6. The second-order valence-electron chi connectivity index (χ2n) is 5.43. The van der Waals surface area contributed by atoms with Gasteiger partial charge < -0.3 is 10.6 Å². The van der Waals surface area contributed by atoms with E-state index in [4.69, 9.17) is 5.26 Å². The zero-order chi connectivity index (χ0) is 17.6. The topological polar surface area (TPSA) is 90.7 Å². The van der Waals surface area contributed by atoms with Crippen LogP contribution in [-0.4, -0.2) is 15.9 Å². The van der Waals surface area contributed by atoms with Gasteiger partial charge in [0.05, 0.1) is 24.0 Å². The Bertz CT molecular complexity index is 945. The fourth-order valence-electron chi connectivity index (χ4n) is 2.24. The first-order valence-electron chi connectivity index (χ1n) is 7.61. The predicted molar refractivity (Wildman–Crippen MR) is 95.6 cm³/mol. The van der Waals surface area contributed by atoms with Crippen LogP contribution in [0.4, 0.5) is 17.2 Å². The molecule has 6 nitrogen and oxygen atoms in total. The number of hydrogen-bond donors (Lipinski definition) is 2. The molecule has 0 aliphatic carbocycles. The van der Waals surface area contributed by atoms with Crippen LogP contribution in [0.3, 0.4) is 0 Å². The van der Waals surface area contributed by atoms with Crippen LogP contribution in [0.5, 0.6) is 0 Å². The molecular weight excluding hydrogens is 314 g/mol. The van der Waals surface area contributed by atoms with Crippen LogP contribution in [-0.2, 0) is 0 Å². The second-order valence-corrected chi connectivity index (χ2v) is 5.43. The van der Waals surface area contributed by atoms with Crippen LogP contribution in [0.15, 0.2) is 60.9 Å². The molecule has 0 saturated carbocycles. The van der Waals surface area contributed by atoms with Crippen molar-refractivity contribution in [1.29, 1.82) is 5.26 Å². The van der Waals surface area contributed by atoms with Gasteiger partial charge in [-0.2, -0.15) is 5.26 Å². The van der Waals surface area contributed by atoms with E-state index in [0.717, 1.165) is 11.3 Å². The van der Waals surface area contributed by atoms with Crippen molar-refractivity contribution >= 4 is 23.1 Å². The van der Waals surface area contributed by atoms with Crippen molar-refractivity contribution in [3.05, 3.63) is 77.7 Å². The number of nitriles is 1. The van der Waals surface area contributed by atoms with Crippen molar-refractivity contribution < 1.29 is 4.79 Å². The van der Waals surface area contributed by atoms with E-state index in [2.05, 4.69) is 26.7 Å². The van der Waals surface area contributed by atoms with Crippen LogP contribution in [0.1, 0.15) is 21.6 Å². The molecule has 25 heavy (non-hydrogen) atoms. The van der Waals surface area contributed by atoms with Crippen molar-refractivity contribution in [2.75, 3.05) is 10.6 Å². The lowest BCUT2D eigenvalue weighted by Crippen LogP contribution is -2.14. The van der Waals surface area contributed by atoms with Crippen LogP contribution in [0.2, 0.25) is 0 Å². The van der Waals surface area contributed by atoms with Gasteiger partial charge in [-0.1, -0.05) is 18.2 Å². The molecule has 0 aliphatic rings.